The molecule has 0 spiro atoms. The van der Waals surface area contributed by atoms with Crippen molar-refractivity contribution in [2.45, 2.75) is 44.9 Å². The van der Waals surface area contributed by atoms with Crippen LogP contribution in [0.5, 0.6) is 17.2 Å². The molecule has 182 valence electrons. The largest absolute Gasteiger partial charge is 0.493 e. The van der Waals surface area contributed by atoms with Crippen molar-refractivity contribution in [2.75, 3.05) is 14.2 Å². The van der Waals surface area contributed by atoms with E-state index in [0.717, 1.165) is 22.4 Å². The summed E-state index contributed by atoms with van der Waals surface area (Å²) in [5.41, 5.74) is 5.16. The van der Waals surface area contributed by atoms with Crippen LogP contribution in [0.15, 0.2) is 59.7 Å². The SMILES string of the molecule is COc1ccc(C2=NN3C(C2)c2cc(Cl)cc(Cl)c2OC3c2ccc(C(C)(C)C)cc2)cc1OC. The lowest BCUT2D eigenvalue weighted by Gasteiger charge is -2.38. The highest BCUT2D eigenvalue weighted by Crippen LogP contribution is 2.51. The number of methoxy groups -OCH3 is 2. The lowest BCUT2D eigenvalue weighted by Crippen LogP contribution is -2.34. The summed E-state index contributed by atoms with van der Waals surface area (Å²) in [6.07, 6.45) is 0.261. The van der Waals surface area contributed by atoms with Crippen LogP contribution in [0.4, 0.5) is 0 Å². The predicted octanol–water partition coefficient (Wildman–Crippen LogP) is 7.55. The van der Waals surface area contributed by atoms with Gasteiger partial charge < -0.3 is 14.2 Å². The first-order chi connectivity index (χ1) is 16.7. The number of hydrogen-bond donors (Lipinski definition) is 0. The van der Waals surface area contributed by atoms with E-state index in [2.05, 4.69) is 45.0 Å². The van der Waals surface area contributed by atoms with Crippen molar-refractivity contribution >= 4 is 28.9 Å². The molecular formula is C28H28Cl2N2O3. The van der Waals surface area contributed by atoms with E-state index in [4.69, 9.17) is 42.5 Å². The van der Waals surface area contributed by atoms with Crippen molar-refractivity contribution in [1.82, 2.24) is 5.01 Å². The summed E-state index contributed by atoms with van der Waals surface area (Å²) in [6.45, 7) is 6.61. The van der Waals surface area contributed by atoms with Crippen molar-refractivity contribution < 1.29 is 14.2 Å². The maximum absolute atomic E-state index is 6.61. The fourth-order valence-electron chi connectivity index (χ4n) is 4.67. The molecule has 0 amide bonds. The van der Waals surface area contributed by atoms with Gasteiger partial charge in [0.15, 0.2) is 11.5 Å². The lowest BCUT2D eigenvalue weighted by atomic mass is 9.86. The molecule has 2 atom stereocenters. The van der Waals surface area contributed by atoms with Gasteiger partial charge in [-0.25, -0.2) is 5.01 Å². The van der Waals surface area contributed by atoms with Gasteiger partial charge >= 0.3 is 0 Å². The van der Waals surface area contributed by atoms with E-state index in [0.29, 0.717) is 33.7 Å². The van der Waals surface area contributed by atoms with Crippen molar-refractivity contribution in [3.63, 3.8) is 0 Å². The van der Waals surface area contributed by atoms with E-state index < -0.39 is 6.23 Å². The summed E-state index contributed by atoms with van der Waals surface area (Å²) in [6, 6.07) is 18.0. The fraction of sp³-hybridized carbons (Fsp3) is 0.321. The number of nitrogens with zero attached hydrogens (tertiary/aromatic N) is 2. The molecule has 0 saturated carbocycles. The number of hydrazone groups is 1. The zero-order chi connectivity index (χ0) is 24.9. The number of fused-ring (bicyclic) bond motifs is 3. The monoisotopic (exact) mass is 510 g/mol. The highest BCUT2D eigenvalue weighted by atomic mass is 35.5. The second kappa shape index (κ2) is 8.96. The molecule has 2 aliphatic heterocycles. The van der Waals surface area contributed by atoms with Crippen LogP contribution in [0.25, 0.3) is 0 Å². The molecule has 2 unspecified atom stereocenters. The zero-order valence-electron chi connectivity index (χ0n) is 20.4. The molecule has 5 nitrogen and oxygen atoms in total. The highest BCUT2D eigenvalue weighted by Gasteiger charge is 2.42. The van der Waals surface area contributed by atoms with Gasteiger partial charge in [-0.1, -0.05) is 68.2 Å². The minimum Gasteiger partial charge on any atom is -0.493 e. The third kappa shape index (κ3) is 4.32. The van der Waals surface area contributed by atoms with Crippen molar-refractivity contribution in [2.24, 2.45) is 5.10 Å². The lowest BCUT2D eigenvalue weighted by molar-refractivity contribution is -0.0189. The maximum Gasteiger partial charge on any atom is 0.213 e. The number of benzene rings is 3. The molecule has 0 aliphatic carbocycles. The van der Waals surface area contributed by atoms with E-state index >= 15 is 0 Å². The molecule has 3 aromatic carbocycles. The fourth-order valence-corrected chi connectivity index (χ4v) is 5.23. The van der Waals surface area contributed by atoms with E-state index in [1.54, 1.807) is 20.3 Å². The maximum atomic E-state index is 6.61. The van der Waals surface area contributed by atoms with Crippen LogP contribution in [0, 0.1) is 0 Å². The molecule has 35 heavy (non-hydrogen) atoms. The first-order valence-corrected chi connectivity index (χ1v) is 12.3. The smallest absolute Gasteiger partial charge is 0.213 e. The Hall–Kier alpha value is -2.89. The van der Waals surface area contributed by atoms with Gasteiger partial charge in [0.05, 0.1) is 31.0 Å². The Morgan fingerprint density at radius 1 is 0.943 bits per heavy atom. The Bertz CT molecular complexity index is 1300. The average Bonchev–Trinajstić information content (AvgIpc) is 3.28. The van der Waals surface area contributed by atoms with Gasteiger partial charge in [0.25, 0.3) is 0 Å². The van der Waals surface area contributed by atoms with Gasteiger partial charge in [-0.2, -0.15) is 5.10 Å². The molecule has 0 N–H and O–H groups in total. The summed E-state index contributed by atoms with van der Waals surface area (Å²) in [7, 11) is 3.26. The number of hydrogen-bond acceptors (Lipinski definition) is 5. The first-order valence-electron chi connectivity index (χ1n) is 11.5. The molecule has 2 aliphatic rings. The van der Waals surface area contributed by atoms with E-state index in [-0.39, 0.29) is 11.5 Å². The first kappa shape index (κ1) is 23.8. The van der Waals surface area contributed by atoms with E-state index in [1.807, 2.05) is 29.3 Å². The minimum absolute atomic E-state index is 0.0630. The van der Waals surface area contributed by atoms with Gasteiger partial charge in [-0.3, -0.25) is 0 Å². The Morgan fingerprint density at radius 2 is 1.66 bits per heavy atom. The highest BCUT2D eigenvalue weighted by molar-refractivity contribution is 6.35. The summed E-state index contributed by atoms with van der Waals surface area (Å²) in [5, 5.41) is 8.14. The summed E-state index contributed by atoms with van der Waals surface area (Å²) in [5.74, 6) is 2.00. The average molecular weight is 511 g/mol. The molecule has 2 heterocycles. The Labute approximate surface area is 216 Å². The minimum atomic E-state index is -0.419. The van der Waals surface area contributed by atoms with Gasteiger partial charge in [0, 0.05) is 28.1 Å². The van der Waals surface area contributed by atoms with Crippen LogP contribution < -0.4 is 14.2 Å². The van der Waals surface area contributed by atoms with Crippen LogP contribution in [-0.2, 0) is 5.41 Å². The molecule has 3 aromatic rings. The van der Waals surface area contributed by atoms with Gasteiger partial charge in [0.1, 0.15) is 5.75 Å². The quantitative estimate of drug-likeness (QED) is 0.363. The summed E-state index contributed by atoms with van der Waals surface area (Å²) < 4.78 is 17.4. The molecule has 0 saturated heterocycles. The molecule has 0 bridgehead atoms. The van der Waals surface area contributed by atoms with Crippen molar-refractivity contribution in [3.8, 4) is 17.2 Å². The van der Waals surface area contributed by atoms with Crippen molar-refractivity contribution in [1.29, 1.82) is 0 Å². The standard InChI is InChI=1S/C28H28Cl2N2O3/c1-28(2,3)18-9-6-16(7-10-18)27-32-23(20-13-19(29)14-21(30)26(20)35-27)15-22(31-32)17-8-11-24(33-4)25(12-17)34-5/h6-14,23,27H,15H2,1-5H3. The second-order valence-electron chi connectivity index (χ2n) is 9.86. The molecule has 0 radical (unpaired) electrons. The van der Waals surface area contributed by atoms with Crippen LogP contribution in [0.1, 0.15) is 61.7 Å². The van der Waals surface area contributed by atoms with E-state index in [9.17, 15) is 0 Å². The molecule has 5 rings (SSSR count). The van der Waals surface area contributed by atoms with Crippen LogP contribution >= 0.6 is 23.2 Å². The third-order valence-corrected chi connectivity index (χ3v) is 7.09. The summed E-state index contributed by atoms with van der Waals surface area (Å²) >= 11 is 13.0. The third-order valence-electron chi connectivity index (χ3n) is 6.59. The van der Waals surface area contributed by atoms with Gasteiger partial charge in [0.2, 0.25) is 6.23 Å². The Kier molecular flexibility index (Phi) is 6.10. The molecule has 0 aromatic heterocycles. The topological polar surface area (TPSA) is 43.3 Å². The predicted molar refractivity (Wildman–Crippen MR) is 140 cm³/mol. The Morgan fingerprint density at radius 3 is 2.31 bits per heavy atom. The van der Waals surface area contributed by atoms with Crippen molar-refractivity contribution in [3.05, 3.63) is 86.9 Å². The van der Waals surface area contributed by atoms with Gasteiger partial charge in [-0.05, 0) is 41.3 Å². The van der Waals surface area contributed by atoms with E-state index in [1.165, 1.54) is 5.56 Å². The second-order valence-corrected chi connectivity index (χ2v) is 10.7. The molecule has 7 heteroatoms. The van der Waals surface area contributed by atoms with Crippen LogP contribution in [0.3, 0.4) is 0 Å². The number of rotatable bonds is 4. The number of halogens is 2. The molecule has 0 fully saturated rings. The Balaban J connectivity index is 1.59. The van der Waals surface area contributed by atoms with Crippen LogP contribution in [-0.4, -0.2) is 24.9 Å². The molecular weight excluding hydrogens is 483 g/mol. The number of ether oxygens (including phenoxy) is 3. The van der Waals surface area contributed by atoms with Gasteiger partial charge in [-0.15, -0.1) is 0 Å². The normalized spacial score (nSPS) is 18.9. The van der Waals surface area contributed by atoms with Crippen LogP contribution in [0.2, 0.25) is 10.0 Å². The summed E-state index contributed by atoms with van der Waals surface area (Å²) in [4.78, 5) is 0. The zero-order valence-corrected chi connectivity index (χ0v) is 21.9.